The zero-order valence-electron chi connectivity index (χ0n) is 20.0. The van der Waals surface area contributed by atoms with Crippen LogP contribution in [0.1, 0.15) is 50.8 Å². The minimum Gasteiger partial charge on any atom is -0.358 e. The van der Waals surface area contributed by atoms with Gasteiger partial charge in [-0.25, -0.2) is 11.8 Å². The van der Waals surface area contributed by atoms with E-state index in [1.807, 2.05) is 45.0 Å². The van der Waals surface area contributed by atoms with Crippen molar-refractivity contribution in [3.63, 3.8) is 0 Å². The number of nitrogens with zero attached hydrogens (tertiary/aromatic N) is 4. The van der Waals surface area contributed by atoms with Crippen molar-refractivity contribution in [3.05, 3.63) is 100 Å². The summed E-state index contributed by atoms with van der Waals surface area (Å²) in [6.45, 7) is 16.1. The molecule has 0 aromatic heterocycles. The van der Waals surface area contributed by atoms with Crippen LogP contribution in [0.15, 0.2) is 48.5 Å². The monoisotopic (exact) mass is 499 g/mol. The normalized spacial score (nSPS) is 6.32. The van der Waals surface area contributed by atoms with Crippen molar-refractivity contribution in [1.82, 2.24) is 0 Å². The van der Waals surface area contributed by atoms with E-state index < -0.39 is 4.92 Å². The van der Waals surface area contributed by atoms with Crippen LogP contribution in [0.2, 0.25) is 0 Å². The molecular weight excluding hydrogens is 465 g/mol. The summed E-state index contributed by atoms with van der Waals surface area (Å²) in [5, 5.41) is 25.5. The summed E-state index contributed by atoms with van der Waals surface area (Å²) in [6, 6.07) is 21.3. The van der Waals surface area contributed by atoms with Crippen LogP contribution >= 0.6 is 0 Å². The van der Waals surface area contributed by atoms with E-state index in [1.54, 1.807) is 30.3 Å². The number of nitriles is 2. The molecule has 0 amide bonds. The van der Waals surface area contributed by atoms with E-state index in [1.165, 1.54) is 13.5 Å². The first kappa shape index (κ1) is 42.5. The largest absolute Gasteiger partial charge is 0.358 e. The van der Waals surface area contributed by atoms with Crippen molar-refractivity contribution in [2.75, 3.05) is 14.1 Å². The predicted octanol–water partition coefficient (Wildman–Crippen LogP) is 6.54. The van der Waals surface area contributed by atoms with Crippen LogP contribution in [0.3, 0.4) is 0 Å². The van der Waals surface area contributed by atoms with E-state index in [0.29, 0.717) is 5.56 Å². The van der Waals surface area contributed by atoms with E-state index in [9.17, 15) is 0 Å². The fraction of sp³-hybridized carbons (Fsp3) is 0.333. The van der Waals surface area contributed by atoms with Gasteiger partial charge in [0.05, 0.1) is 11.6 Å². The average Bonchev–Trinajstić information content (AvgIpc) is 2.71. The first-order valence-electron chi connectivity index (χ1n) is 8.99. The Hall–Kier alpha value is -2.59. The molecule has 1 radical (unpaired) electrons. The maximum atomic E-state index is 8.81. The van der Waals surface area contributed by atoms with E-state index in [2.05, 4.69) is 30.8 Å². The van der Waals surface area contributed by atoms with Gasteiger partial charge in [0.1, 0.15) is 0 Å². The smallest absolute Gasteiger partial charge is 0.205 e. The molecule has 0 aliphatic heterocycles. The molecule has 0 saturated carbocycles. The van der Waals surface area contributed by atoms with Gasteiger partial charge in [0, 0.05) is 43.7 Å². The molecule has 31 heavy (non-hydrogen) atoms. The second kappa shape index (κ2) is 38.1. The van der Waals surface area contributed by atoms with E-state index in [-0.39, 0.29) is 40.1 Å². The van der Waals surface area contributed by atoms with Gasteiger partial charge in [-0.05, 0) is 24.6 Å². The summed E-state index contributed by atoms with van der Waals surface area (Å²) in [5.41, 5.74) is 2.52. The van der Waals surface area contributed by atoms with Gasteiger partial charge in [-0.2, -0.15) is 35.6 Å². The van der Waals surface area contributed by atoms with Crippen LogP contribution in [0.25, 0.3) is 4.85 Å². The van der Waals surface area contributed by atoms with Crippen molar-refractivity contribution in [3.8, 4) is 12.1 Å². The van der Waals surface area contributed by atoms with Gasteiger partial charge in [0.25, 0.3) is 0 Å². The summed E-state index contributed by atoms with van der Waals surface area (Å²) in [6.07, 6.45) is 1.25. The fourth-order valence-electron chi connectivity index (χ4n) is 1.18. The first-order chi connectivity index (χ1) is 13.8. The molecular formula is C24H34N4O2Y-2. The molecule has 2 rings (SSSR count). The zero-order valence-corrected chi connectivity index (χ0v) is 22.8. The number of nitro groups is 1. The molecule has 0 spiro atoms. The third kappa shape index (κ3) is 47.0. The summed E-state index contributed by atoms with van der Waals surface area (Å²) < 4.78 is 0. The number of benzene rings is 2. The topological polar surface area (TPSA) is 95.1 Å². The molecule has 0 N–H and O–H groups in total. The molecule has 0 saturated heterocycles. The predicted molar refractivity (Wildman–Crippen MR) is 125 cm³/mol. The van der Waals surface area contributed by atoms with Gasteiger partial charge in [0.2, 0.25) is 7.05 Å². The zero-order chi connectivity index (χ0) is 23.5. The number of hydrogen-bond acceptors (Lipinski definition) is 4. The molecule has 0 aliphatic rings. The summed E-state index contributed by atoms with van der Waals surface area (Å²) in [7, 11) is 2.31. The second-order valence-electron chi connectivity index (χ2n) is 4.76. The maximum Gasteiger partial charge on any atom is 0.205 e. The Morgan fingerprint density at radius 2 is 1.52 bits per heavy atom. The molecule has 2 aromatic rings. The van der Waals surface area contributed by atoms with Gasteiger partial charge >= 0.3 is 0 Å². The number of rotatable bonds is 0. The van der Waals surface area contributed by atoms with Crippen LogP contribution < -0.4 is 0 Å². The van der Waals surface area contributed by atoms with Crippen LogP contribution in [0, 0.1) is 59.8 Å². The van der Waals surface area contributed by atoms with Gasteiger partial charge in [-0.1, -0.05) is 51.8 Å². The van der Waals surface area contributed by atoms with Crippen LogP contribution in [-0.2, 0) is 32.7 Å². The third-order valence-corrected chi connectivity index (χ3v) is 1.98. The van der Waals surface area contributed by atoms with Gasteiger partial charge in [-0.15, -0.1) is 0 Å². The number of hydrogen-bond donors (Lipinski definition) is 0. The van der Waals surface area contributed by atoms with Crippen molar-refractivity contribution in [2.24, 2.45) is 0 Å². The van der Waals surface area contributed by atoms with Gasteiger partial charge in [0.15, 0.2) is 7.05 Å². The molecule has 0 unspecified atom stereocenters. The summed E-state index contributed by atoms with van der Waals surface area (Å²) in [5.74, 6) is 0. The molecule has 0 heterocycles. The molecule has 0 atom stereocenters. The van der Waals surface area contributed by atoms with E-state index in [0.717, 1.165) is 18.2 Å². The van der Waals surface area contributed by atoms with Crippen molar-refractivity contribution >= 4 is 0 Å². The molecule has 6 nitrogen and oxygen atoms in total. The Bertz CT molecular complexity index is 743. The first-order valence-corrected chi connectivity index (χ1v) is 8.99. The Balaban J connectivity index is -0.0000000653. The fourth-order valence-corrected chi connectivity index (χ4v) is 1.18. The van der Waals surface area contributed by atoms with Crippen LogP contribution in [-0.4, -0.2) is 19.0 Å². The molecule has 167 valence electrons. The molecule has 2 aromatic carbocycles. The van der Waals surface area contributed by atoms with Crippen molar-refractivity contribution < 1.29 is 37.6 Å². The summed E-state index contributed by atoms with van der Waals surface area (Å²) in [4.78, 5) is 11.1. The van der Waals surface area contributed by atoms with Crippen molar-refractivity contribution in [2.45, 2.75) is 41.0 Å². The van der Waals surface area contributed by atoms with Crippen molar-refractivity contribution in [1.29, 1.82) is 10.5 Å². The molecule has 7 heteroatoms. The second-order valence-corrected chi connectivity index (χ2v) is 4.76. The maximum absolute atomic E-state index is 8.81. The van der Waals surface area contributed by atoms with E-state index in [4.69, 9.17) is 27.2 Å². The summed E-state index contributed by atoms with van der Waals surface area (Å²) >= 11 is 0. The molecule has 0 aliphatic carbocycles. The van der Waals surface area contributed by atoms with Crippen LogP contribution in [0.4, 0.5) is 0 Å². The van der Waals surface area contributed by atoms with E-state index >= 15 is 0 Å². The molecule has 0 bridgehead atoms. The van der Waals surface area contributed by atoms with Crippen LogP contribution in [0.5, 0.6) is 0 Å². The number of aryl methyl sites for hydroxylation is 1. The van der Waals surface area contributed by atoms with Gasteiger partial charge < -0.3 is 12.3 Å². The quantitative estimate of drug-likeness (QED) is 0.233. The molecule has 0 fully saturated rings. The standard InChI is InChI=1S/C8H7N.C7H4N.C3H8.C2H3N.C2H6.CH3NO2.CH3.Y/c1-7-3-2-4-8(5-7)6-9;8-6-7-4-2-1-3-5-7;2*1-3-2;1-2;1-2(3)4;;/h2-5H,1H3;1-2,4-5H;3H2,1-2H3;1H3;1-2H3;1H3;1H3;/q;-1;;;;;-1;. The minimum absolute atomic E-state index is 0. The Morgan fingerprint density at radius 1 is 1.13 bits per heavy atom. The van der Waals surface area contributed by atoms with Gasteiger partial charge in [-0.3, -0.25) is 10.1 Å². The Kier molecular flexibility index (Phi) is 52.2. The SMILES string of the molecule is CC.CCC.C[N+](=O)[O-].Cc1cccc(C#N)c1.N#Cc1c[c-]ccc1.[C-]#[N+]C.[CH3-].[Y]. The average molecular weight is 499 g/mol. The third-order valence-electron chi connectivity index (χ3n) is 1.98. The minimum atomic E-state index is -0.500. The Labute approximate surface area is 214 Å². The Morgan fingerprint density at radius 3 is 1.74 bits per heavy atom.